The van der Waals surface area contributed by atoms with Crippen LogP contribution >= 0.6 is 0 Å². The van der Waals surface area contributed by atoms with Gasteiger partial charge in [-0.15, -0.1) is 10.2 Å². The average molecular weight is 389 g/mol. The van der Waals surface area contributed by atoms with Gasteiger partial charge in [-0.25, -0.2) is 9.37 Å². The summed E-state index contributed by atoms with van der Waals surface area (Å²) in [6.45, 7) is 4.62. The van der Waals surface area contributed by atoms with E-state index in [4.69, 9.17) is 4.74 Å². The average Bonchev–Trinajstić information content (AvgIpc) is 3.37. The zero-order chi connectivity index (χ0) is 20.0. The van der Waals surface area contributed by atoms with Crippen molar-refractivity contribution in [2.75, 3.05) is 6.61 Å². The summed E-state index contributed by atoms with van der Waals surface area (Å²) in [6, 6.07) is 5.23. The molecule has 146 valence electrons. The van der Waals surface area contributed by atoms with Gasteiger partial charge in [0.2, 0.25) is 0 Å². The van der Waals surface area contributed by atoms with Crippen LogP contribution < -0.4 is 4.74 Å². The van der Waals surface area contributed by atoms with Crippen LogP contribution in [0, 0.1) is 19.7 Å². The lowest BCUT2D eigenvalue weighted by Gasteiger charge is -2.11. The fourth-order valence-electron chi connectivity index (χ4n) is 4.04. The van der Waals surface area contributed by atoms with Crippen molar-refractivity contribution >= 4 is 5.65 Å². The lowest BCUT2D eigenvalue weighted by molar-refractivity contribution is 0.356. The number of aromatic nitrogens is 5. The Morgan fingerprint density at radius 1 is 1.10 bits per heavy atom. The first-order valence-electron chi connectivity index (χ1n) is 9.66. The largest absolute Gasteiger partial charge is 0.493 e. The number of aryl methyl sites for hydroxylation is 3. The molecule has 0 N–H and O–H groups in total. The van der Waals surface area contributed by atoms with E-state index in [0.717, 1.165) is 51.6 Å². The number of hydrogen-bond donors (Lipinski definition) is 0. The smallest absolute Gasteiger partial charge is 0.171 e. The van der Waals surface area contributed by atoms with E-state index in [-0.39, 0.29) is 5.82 Å². The van der Waals surface area contributed by atoms with Gasteiger partial charge in [0.1, 0.15) is 23.7 Å². The number of halogens is 1. The molecule has 29 heavy (non-hydrogen) atoms. The summed E-state index contributed by atoms with van der Waals surface area (Å²) in [5, 5.41) is 8.38. The van der Waals surface area contributed by atoms with Crippen LogP contribution in [0.5, 0.6) is 5.75 Å². The maximum atomic E-state index is 14.4. The zero-order valence-electron chi connectivity index (χ0n) is 16.3. The summed E-state index contributed by atoms with van der Waals surface area (Å²) in [5.74, 6) is 1.40. The summed E-state index contributed by atoms with van der Waals surface area (Å²) in [5.41, 5.74) is 6.36. The van der Waals surface area contributed by atoms with Crippen molar-refractivity contribution in [1.82, 2.24) is 24.6 Å². The van der Waals surface area contributed by atoms with E-state index < -0.39 is 0 Å². The number of benzene rings is 1. The highest BCUT2D eigenvalue weighted by atomic mass is 19.1. The number of rotatable bonds is 4. The monoisotopic (exact) mass is 389 g/mol. The summed E-state index contributed by atoms with van der Waals surface area (Å²) in [7, 11) is 0. The first kappa shape index (κ1) is 17.7. The minimum Gasteiger partial charge on any atom is -0.493 e. The van der Waals surface area contributed by atoms with Crippen molar-refractivity contribution in [3.05, 3.63) is 70.9 Å². The quantitative estimate of drug-likeness (QED) is 0.533. The van der Waals surface area contributed by atoms with E-state index in [1.165, 1.54) is 6.07 Å². The Morgan fingerprint density at radius 2 is 1.97 bits per heavy atom. The molecule has 0 fully saturated rings. The number of fused-ring (bicyclic) bond motifs is 2. The lowest BCUT2D eigenvalue weighted by atomic mass is 9.99. The van der Waals surface area contributed by atoms with Crippen molar-refractivity contribution in [2.24, 2.45) is 0 Å². The molecular formula is C22H20FN5O. The van der Waals surface area contributed by atoms with Crippen molar-refractivity contribution in [3.8, 4) is 16.9 Å². The van der Waals surface area contributed by atoms with Gasteiger partial charge in [0.25, 0.3) is 0 Å². The molecule has 0 atom stereocenters. The van der Waals surface area contributed by atoms with Crippen LogP contribution in [0.25, 0.3) is 16.8 Å². The molecule has 7 heteroatoms. The van der Waals surface area contributed by atoms with Crippen molar-refractivity contribution in [1.29, 1.82) is 0 Å². The molecule has 3 aromatic heterocycles. The van der Waals surface area contributed by atoms with Crippen LogP contribution in [-0.2, 0) is 19.3 Å². The molecule has 4 heterocycles. The molecule has 0 unspecified atom stereocenters. The second-order valence-corrected chi connectivity index (χ2v) is 7.35. The minimum atomic E-state index is -0.188. The Bertz CT molecular complexity index is 1230. The second kappa shape index (κ2) is 6.92. The molecule has 0 saturated carbocycles. The number of pyridine rings is 1. The SMILES string of the molecule is Cc1cc(C)c(-c2cnc(CCc3c(F)ccc4c3CCO4)n3cnnc23)cn1. The van der Waals surface area contributed by atoms with Gasteiger partial charge in [-0.1, -0.05) is 0 Å². The topological polar surface area (TPSA) is 65.2 Å². The highest BCUT2D eigenvalue weighted by molar-refractivity contribution is 5.78. The van der Waals surface area contributed by atoms with E-state index in [2.05, 4.69) is 20.2 Å². The summed E-state index contributed by atoms with van der Waals surface area (Å²) < 4.78 is 21.9. The van der Waals surface area contributed by atoms with Gasteiger partial charge in [-0.2, -0.15) is 0 Å². The molecule has 0 aliphatic carbocycles. The number of hydrogen-bond acceptors (Lipinski definition) is 5. The van der Waals surface area contributed by atoms with Crippen LogP contribution in [0.4, 0.5) is 4.39 Å². The van der Waals surface area contributed by atoms with Crippen molar-refractivity contribution in [3.63, 3.8) is 0 Å². The maximum absolute atomic E-state index is 14.4. The van der Waals surface area contributed by atoms with E-state index in [1.54, 1.807) is 12.4 Å². The highest BCUT2D eigenvalue weighted by Gasteiger charge is 2.20. The Morgan fingerprint density at radius 3 is 2.83 bits per heavy atom. The van der Waals surface area contributed by atoms with E-state index in [0.29, 0.717) is 25.0 Å². The molecule has 6 nitrogen and oxygen atoms in total. The van der Waals surface area contributed by atoms with Crippen LogP contribution in [0.1, 0.15) is 28.2 Å². The van der Waals surface area contributed by atoms with E-state index >= 15 is 0 Å². The number of nitrogens with zero attached hydrogens (tertiary/aromatic N) is 5. The van der Waals surface area contributed by atoms with Crippen molar-refractivity contribution < 1.29 is 9.13 Å². The lowest BCUT2D eigenvalue weighted by Crippen LogP contribution is -2.06. The third-order valence-corrected chi connectivity index (χ3v) is 5.49. The summed E-state index contributed by atoms with van der Waals surface area (Å²) >= 11 is 0. The predicted octanol–water partition coefficient (Wildman–Crippen LogP) is 3.66. The third kappa shape index (κ3) is 3.03. The first-order valence-corrected chi connectivity index (χ1v) is 9.66. The second-order valence-electron chi connectivity index (χ2n) is 7.35. The molecule has 0 bridgehead atoms. The molecule has 0 amide bonds. The standard InChI is InChI=1S/C22H20FN5O/c1-13-9-14(2)24-10-17(13)18-11-25-21(28-12-26-27-22(18)28)6-3-15-16-7-8-29-20(16)5-4-19(15)23/h4-5,9-12H,3,6-8H2,1-2H3. The molecule has 4 aromatic rings. The van der Waals surface area contributed by atoms with Gasteiger partial charge in [0.05, 0.1) is 6.61 Å². The molecule has 0 spiro atoms. The normalized spacial score (nSPS) is 12.9. The Kier molecular flexibility index (Phi) is 4.23. The molecule has 1 aromatic carbocycles. The Balaban J connectivity index is 1.50. The third-order valence-electron chi connectivity index (χ3n) is 5.49. The highest BCUT2D eigenvalue weighted by Crippen LogP contribution is 2.31. The van der Waals surface area contributed by atoms with Crippen LogP contribution in [0.2, 0.25) is 0 Å². The van der Waals surface area contributed by atoms with Gasteiger partial charge in [-0.3, -0.25) is 9.38 Å². The van der Waals surface area contributed by atoms with Crippen LogP contribution in [0.3, 0.4) is 0 Å². The molecule has 0 radical (unpaired) electrons. The van der Waals surface area contributed by atoms with E-state index in [1.807, 2.05) is 36.7 Å². The maximum Gasteiger partial charge on any atom is 0.171 e. The van der Waals surface area contributed by atoms with Gasteiger partial charge >= 0.3 is 0 Å². The minimum absolute atomic E-state index is 0.188. The van der Waals surface area contributed by atoms with Gasteiger partial charge in [0, 0.05) is 47.6 Å². The molecule has 5 rings (SSSR count). The fourth-order valence-corrected chi connectivity index (χ4v) is 4.04. The molecule has 1 aliphatic heterocycles. The van der Waals surface area contributed by atoms with Gasteiger partial charge in [0.15, 0.2) is 5.65 Å². The Hall–Kier alpha value is -3.35. The summed E-state index contributed by atoms with van der Waals surface area (Å²) in [4.78, 5) is 9.07. The van der Waals surface area contributed by atoms with Crippen molar-refractivity contribution in [2.45, 2.75) is 33.1 Å². The fraction of sp³-hybridized carbons (Fsp3) is 0.273. The van der Waals surface area contributed by atoms with Crippen LogP contribution in [-0.4, -0.2) is 31.2 Å². The van der Waals surface area contributed by atoms with E-state index in [9.17, 15) is 4.39 Å². The first-order chi connectivity index (χ1) is 14.1. The van der Waals surface area contributed by atoms with Crippen LogP contribution in [0.15, 0.2) is 36.9 Å². The van der Waals surface area contributed by atoms with Gasteiger partial charge < -0.3 is 4.74 Å². The summed E-state index contributed by atoms with van der Waals surface area (Å²) in [6.07, 6.45) is 7.19. The van der Waals surface area contributed by atoms with Gasteiger partial charge in [-0.05, 0) is 49.6 Å². The number of ether oxygens (including phenoxy) is 1. The zero-order valence-corrected chi connectivity index (χ0v) is 16.3. The Labute approximate surface area is 167 Å². The predicted molar refractivity (Wildman–Crippen MR) is 106 cm³/mol. The molecule has 1 aliphatic rings. The molecular weight excluding hydrogens is 369 g/mol. The molecule has 0 saturated heterocycles.